The first-order valence-electron chi connectivity index (χ1n) is 5.25. The van der Waals surface area contributed by atoms with Crippen molar-refractivity contribution in [2.45, 2.75) is 6.92 Å². The van der Waals surface area contributed by atoms with Crippen LogP contribution in [0.1, 0.15) is 15.9 Å². The van der Waals surface area contributed by atoms with Gasteiger partial charge in [-0.05, 0) is 30.2 Å². The van der Waals surface area contributed by atoms with E-state index in [-0.39, 0.29) is 11.4 Å². The maximum absolute atomic E-state index is 11.3. The van der Waals surface area contributed by atoms with Crippen LogP contribution in [-0.4, -0.2) is 16.1 Å². The maximum Gasteiger partial charge on any atom is 0.340 e. The summed E-state index contributed by atoms with van der Waals surface area (Å²) in [6.45, 7) is 1.83. The third-order valence-corrected chi connectivity index (χ3v) is 3.16. The monoisotopic (exact) mass is 262 g/mol. The second kappa shape index (κ2) is 4.66. The third kappa shape index (κ3) is 2.02. The molecule has 2 rings (SSSR count). The van der Waals surface area contributed by atoms with E-state index in [1.807, 2.05) is 13.0 Å². The van der Waals surface area contributed by atoms with Crippen LogP contribution in [0.25, 0.3) is 11.1 Å². The molecule has 0 bridgehead atoms. The van der Waals surface area contributed by atoms with Crippen LogP contribution in [0, 0.1) is 6.92 Å². The number of hydrogen-bond acceptors (Lipinski definition) is 3. The summed E-state index contributed by atoms with van der Waals surface area (Å²) in [5.74, 6) is -1.10. The van der Waals surface area contributed by atoms with E-state index in [0.29, 0.717) is 10.6 Å². The molecule has 0 fully saturated rings. The van der Waals surface area contributed by atoms with Gasteiger partial charge >= 0.3 is 5.97 Å². The molecule has 0 spiro atoms. The van der Waals surface area contributed by atoms with E-state index in [4.69, 9.17) is 17.3 Å². The van der Waals surface area contributed by atoms with Gasteiger partial charge in [0.1, 0.15) is 11.4 Å². The van der Waals surface area contributed by atoms with E-state index < -0.39 is 5.97 Å². The molecule has 5 heteroatoms. The Morgan fingerprint density at radius 2 is 2.06 bits per heavy atom. The molecule has 0 unspecified atom stereocenters. The summed E-state index contributed by atoms with van der Waals surface area (Å²) >= 11 is 6.04. The molecule has 4 nitrogen and oxygen atoms in total. The van der Waals surface area contributed by atoms with Crippen molar-refractivity contribution in [3.63, 3.8) is 0 Å². The minimum absolute atomic E-state index is 0.000578. The van der Waals surface area contributed by atoms with E-state index in [1.165, 1.54) is 6.20 Å². The molecule has 1 aromatic carbocycles. The summed E-state index contributed by atoms with van der Waals surface area (Å²) < 4.78 is 0. The second-order valence-corrected chi connectivity index (χ2v) is 4.24. The predicted molar refractivity (Wildman–Crippen MR) is 70.8 cm³/mol. The summed E-state index contributed by atoms with van der Waals surface area (Å²) in [7, 11) is 0. The number of halogens is 1. The molecule has 92 valence electrons. The van der Waals surface area contributed by atoms with Gasteiger partial charge < -0.3 is 10.8 Å². The lowest BCUT2D eigenvalue weighted by Crippen LogP contribution is -2.07. The quantitative estimate of drug-likeness (QED) is 0.872. The van der Waals surface area contributed by atoms with Crippen LogP contribution in [0.4, 0.5) is 5.82 Å². The number of nitrogens with two attached hydrogens (primary N) is 1. The van der Waals surface area contributed by atoms with E-state index >= 15 is 0 Å². The lowest BCUT2D eigenvalue weighted by atomic mass is 9.97. The van der Waals surface area contributed by atoms with Gasteiger partial charge in [-0.15, -0.1) is 0 Å². The molecule has 1 aromatic heterocycles. The van der Waals surface area contributed by atoms with Crippen LogP contribution in [0.2, 0.25) is 5.02 Å². The number of nitrogen functional groups attached to an aromatic ring is 1. The third-order valence-electron chi connectivity index (χ3n) is 2.75. The van der Waals surface area contributed by atoms with Gasteiger partial charge in [-0.1, -0.05) is 23.7 Å². The van der Waals surface area contributed by atoms with E-state index in [2.05, 4.69) is 4.98 Å². The Labute approximate surface area is 109 Å². The number of anilines is 1. The number of nitrogens with zero attached hydrogens (tertiary/aromatic N) is 1. The topological polar surface area (TPSA) is 76.2 Å². The fraction of sp³-hybridized carbons (Fsp3) is 0.0769. The Morgan fingerprint density at radius 1 is 1.33 bits per heavy atom. The van der Waals surface area contributed by atoms with Gasteiger partial charge in [0.2, 0.25) is 0 Å². The maximum atomic E-state index is 11.3. The van der Waals surface area contributed by atoms with Gasteiger partial charge in [0.15, 0.2) is 0 Å². The Bertz CT molecular complexity index is 626. The summed E-state index contributed by atoms with van der Waals surface area (Å²) in [6, 6.07) is 6.96. The largest absolute Gasteiger partial charge is 0.478 e. The van der Waals surface area contributed by atoms with Crippen molar-refractivity contribution in [3.8, 4) is 11.1 Å². The van der Waals surface area contributed by atoms with Crippen LogP contribution in [0.15, 0.2) is 30.5 Å². The standard InChI is InChI=1S/C13H11ClN2O2/c1-7-8(3-2-4-10(7)14)9-5-6-16-12(15)11(9)13(17)18/h2-6H,1H3,(H2,15,16)(H,17,18). The molecule has 0 atom stereocenters. The number of carboxylic acid groups (broad SMARTS) is 1. The fourth-order valence-corrected chi connectivity index (χ4v) is 2.00. The van der Waals surface area contributed by atoms with Crippen LogP contribution < -0.4 is 5.73 Å². The van der Waals surface area contributed by atoms with Gasteiger partial charge in [0.05, 0.1) is 0 Å². The number of aromatic nitrogens is 1. The minimum atomic E-state index is -1.10. The number of pyridine rings is 1. The molecular weight excluding hydrogens is 252 g/mol. The zero-order chi connectivity index (χ0) is 13.3. The molecule has 0 amide bonds. The molecule has 0 aliphatic heterocycles. The van der Waals surface area contributed by atoms with Crippen molar-refractivity contribution in [1.82, 2.24) is 4.98 Å². The molecule has 3 N–H and O–H groups in total. The smallest absolute Gasteiger partial charge is 0.340 e. The first-order valence-corrected chi connectivity index (χ1v) is 5.63. The fourth-order valence-electron chi connectivity index (χ4n) is 1.83. The number of aromatic carboxylic acids is 1. The van der Waals surface area contributed by atoms with E-state index in [9.17, 15) is 9.90 Å². The molecule has 0 saturated carbocycles. The number of carbonyl (C=O) groups is 1. The Morgan fingerprint density at radius 3 is 2.72 bits per heavy atom. The zero-order valence-corrected chi connectivity index (χ0v) is 10.4. The van der Waals surface area contributed by atoms with Crippen LogP contribution in [0.5, 0.6) is 0 Å². The number of hydrogen-bond donors (Lipinski definition) is 2. The lowest BCUT2D eigenvalue weighted by Gasteiger charge is -2.11. The summed E-state index contributed by atoms with van der Waals surface area (Å²) in [6.07, 6.45) is 1.48. The second-order valence-electron chi connectivity index (χ2n) is 3.84. The summed E-state index contributed by atoms with van der Waals surface area (Å²) in [5, 5.41) is 9.80. The van der Waals surface area contributed by atoms with Gasteiger partial charge in [-0.2, -0.15) is 0 Å². The molecular formula is C13H11ClN2O2. The average Bonchev–Trinajstić information content (AvgIpc) is 2.32. The van der Waals surface area contributed by atoms with Crippen molar-refractivity contribution in [3.05, 3.63) is 46.6 Å². The van der Waals surface area contributed by atoms with Gasteiger partial charge in [-0.25, -0.2) is 9.78 Å². The molecule has 0 aliphatic carbocycles. The number of carboxylic acids is 1. The van der Waals surface area contributed by atoms with Crippen molar-refractivity contribution in [2.75, 3.05) is 5.73 Å². The van der Waals surface area contributed by atoms with Crippen molar-refractivity contribution in [2.24, 2.45) is 0 Å². The molecule has 0 saturated heterocycles. The first kappa shape index (κ1) is 12.4. The van der Waals surface area contributed by atoms with Crippen molar-refractivity contribution < 1.29 is 9.90 Å². The van der Waals surface area contributed by atoms with Crippen LogP contribution >= 0.6 is 11.6 Å². The zero-order valence-electron chi connectivity index (χ0n) is 9.64. The number of benzene rings is 1. The highest BCUT2D eigenvalue weighted by molar-refractivity contribution is 6.31. The Kier molecular flexibility index (Phi) is 3.21. The molecule has 0 radical (unpaired) electrons. The van der Waals surface area contributed by atoms with Gasteiger partial charge in [0.25, 0.3) is 0 Å². The molecule has 1 heterocycles. The van der Waals surface area contributed by atoms with E-state index in [1.54, 1.807) is 18.2 Å². The molecule has 18 heavy (non-hydrogen) atoms. The summed E-state index contributed by atoms with van der Waals surface area (Å²) in [5.41, 5.74) is 7.71. The van der Waals surface area contributed by atoms with E-state index in [0.717, 1.165) is 11.1 Å². The highest BCUT2D eigenvalue weighted by Gasteiger charge is 2.17. The normalized spacial score (nSPS) is 10.3. The summed E-state index contributed by atoms with van der Waals surface area (Å²) in [4.78, 5) is 15.1. The first-order chi connectivity index (χ1) is 8.52. The highest BCUT2D eigenvalue weighted by Crippen LogP contribution is 2.32. The highest BCUT2D eigenvalue weighted by atomic mass is 35.5. The molecule has 2 aromatic rings. The van der Waals surface area contributed by atoms with Gasteiger partial charge in [0, 0.05) is 16.8 Å². The Hall–Kier alpha value is -2.07. The Balaban J connectivity index is 2.75. The SMILES string of the molecule is Cc1c(Cl)cccc1-c1ccnc(N)c1C(=O)O. The van der Waals surface area contributed by atoms with Crippen LogP contribution in [0.3, 0.4) is 0 Å². The number of rotatable bonds is 2. The minimum Gasteiger partial charge on any atom is -0.478 e. The van der Waals surface area contributed by atoms with Crippen molar-refractivity contribution >= 4 is 23.4 Å². The van der Waals surface area contributed by atoms with Crippen molar-refractivity contribution in [1.29, 1.82) is 0 Å². The molecule has 0 aliphatic rings. The predicted octanol–water partition coefficient (Wildman–Crippen LogP) is 2.99. The lowest BCUT2D eigenvalue weighted by molar-refractivity contribution is 0.0698. The average molecular weight is 263 g/mol. The van der Waals surface area contributed by atoms with Crippen LogP contribution in [-0.2, 0) is 0 Å². The van der Waals surface area contributed by atoms with Gasteiger partial charge in [-0.3, -0.25) is 0 Å².